The van der Waals surface area contributed by atoms with Crippen LogP contribution in [0.3, 0.4) is 0 Å². The lowest BCUT2D eigenvalue weighted by molar-refractivity contribution is -0.151. The highest BCUT2D eigenvalue weighted by molar-refractivity contribution is 5.77. The van der Waals surface area contributed by atoms with Crippen LogP contribution in [-0.2, 0) is 14.3 Å². The van der Waals surface area contributed by atoms with Crippen LogP contribution in [0.4, 0.5) is 0 Å². The van der Waals surface area contributed by atoms with Gasteiger partial charge in [0, 0.05) is 6.42 Å². The van der Waals surface area contributed by atoms with Crippen molar-refractivity contribution in [2.45, 2.75) is 238 Å². The molecule has 0 spiro atoms. The van der Waals surface area contributed by atoms with E-state index in [1.165, 1.54) is 83.5 Å². The number of ether oxygens (including phenoxy) is 1. The van der Waals surface area contributed by atoms with E-state index in [0.29, 0.717) is 19.3 Å². The Morgan fingerprint density at radius 3 is 1.53 bits per heavy atom. The van der Waals surface area contributed by atoms with Gasteiger partial charge in [0.05, 0.1) is 25.2 Å². The van der Waals surface area contributed by atoms with E-state index in [2.05, 4.69) is 74.7 Å². The van der Waals surface area contributed by atoms with E-state index in [4.69, 9.17) is 4.74 Å². The molecule has 1 amide bonds. The van der Waals surface area contributed by atoms with Crippen molar-refractivity contribution >= 4 is 11.9 Å². The first kappa shape index (κ1) is 58.8. The van der Waals surface area contributed by atoms with Gasteiger partial charge in [-0.3, -0.25) is 9.59 Å². The Balaban J connectivity index is 4.68. The Labute approximate surface area is 382 Å². The monoisotopic (exact) mass is 862 g/mol. The highest BCUT2D eigenvalue weighted by Crippen LogP contribution is 2.17. The van der Waals surface area contributed by atoms with Crippen LogP contribution in [-0.4, -0.2) is 46.9 Å². The summed E-state index contributed by atoms with van der Waals surface area (Å²) in [6, 6.07) is -0.735. The summed E-state index contributed by atoms with van der Waals surface area (Å²) in [4.78, 5) is 26.1. The first-order valence-corrected chi connectivity index (χ1v) is 25.5. The minimum Gasteiger partial charge on any atom is -0.462 e. The maximum absolute atomic E-state index is 13.2. The van der Waals surface area contributed by atoms with Gasteiger partial charge in [0.25, 0.3) is 0 Å². The second-order valence-electron chi connectivity index (χ2n) is 16.9. The molecule has 0 radical (unpaired) electrons. The molecule has 0 aliphatic heterocycles. The van der Waals surface area contributed by atoms with E-state index >= 15 is 0 Å². The van der Waals surface area contributed by atoms with Crippen molar-refractivity contribution in [3.05, 3.63) is 97.2 Å². The third kappa shape index (κ3) is 43.4. The largest absolute Gasteiger partial charge is 0.462 e. The van der Waals surface area contributed by atoms with E-state index in [-0.39, 0.29) is 24.9 Å². The molecule has 62 heavy (non-hydrogen) atoms. The molecule has 6 nitrogen and oxygen atoms in total. The molecule has 0 saturated carbocycles. The van der Waals surface area contributed by atoms with Crippen LogP contribution in [0.1, 0.15) is 220 Å². The number of aliphatic hydroxyl groups is 2. The number of rotatable bonds is 44. The smallest absolute Gasteiger partial charge is 0.306 e. The van der Waals surface area contributed by atoms with Crippen LogP contribution >= 0.6 is 0 Å². The van der Waals surface area contributed by atoms with E-state index < -0.39 is 18.2 Å². The summed E-state index contributed by atoms with van der Waals surface area (Å²) >= 11 is 0. The number of carbonyl (C=O) groups excluding carboxylic acids is 2. The second kappa shape index (κ2) is 48.8. The molecule has 0 aromatic heterocycles. The molecule has 0 bridgehead atoms. The van der Waals surface area contributed by atoms with Crippen molar-refractivity contribution in [3.8, 4) is 0 Å². The minimum absolute atomic E-state index is 0.0142. The zero-order chi connectivity index (χ0) is 45.2. The number of unbranched alkanes of at least 4 members (excludes halogenated alkanes) is 20. The average Bonchev–Trinajstić information content (AvgIpc) is 3.26. The van der Waals surface area contributed by atoms with Crippen molar-refractivity contribution in [1.29, 1.82) is 0 Å². The van der Waals surface area contributed by atoms with Crippen LogP contribution in [0, 0.1) is 0 Å². The quantitative estimate of drug-likeness (QED) is 0.0245. The lowest BCUT2D eigenvalue weighted by atomic mass is 10.0. The molecule has 6 heteroatoms. The van der Waals surface area contributed by atoms with Gasteiger partial charge in [-0.2, -0.15) is 0 Å². The Morgan fingerprint density at radius 1 is 0.500 bits per heavy atom. The Morgan fingerprint density at radius 2 is 0.968 bits per heavy atom. The van der Waals surface area contributed by atoms with Gasteiger partial charge in [0.2, 0.25) is 5.91 Å². The summed E-state index contributed by atoms with van der Waals surface area (Å²) in [5.74, 6) is -0.579. The first-order valence-electron chi connectivity index (χ1n) is 25.5. The molecule has 3 N–H and O–H groups in total. The third-order valence-corrected chi connectivity index (χ3v) is 11.0. The summed E-state index contributed by atoms with van der Waals surface area (Å²) < 4.78 is 5.88. The molecule has 0 aliphatic rings. The van der Waals surface area contributed by atoms with E-state index in [1.54, 1.807) is 0 Å². The molecule has 0 saturated heterocycles. The molecule has 354 valence electrons. The van der Waals surface area contributed by atoms with E-state index in [9.17, 15) is 19.8 Å². The number of hydrogen-bond donors (Lipinski definition) is 3. The highest BCUT2D eigenvalue weighted by atomic mass is 16.5. The zero-order valence-electron chi connectivity index (χ0n) is 40.2. The third-order valence-electron chi connectivity index (χ3n) is 11.0. The van der Waals surface area contributed by atoms with E-state index in [1.807, 2.05) is 48.6 Å². The number of carbonyl (C=O) groups is 2. The number of hydrogen-bond acceptors (Lipinski definition) is 5. The lowest BCUT2D eigenvalue weighted by Crippen LogP contribution is -2.46. The van der Waals surface area contributed by atoms with Gasteiger partial charge in [0.1, 0.15) is 6.10 Å². The fourth-order valence-electron chi connectivity index (χ4n) is 7.24. The van der Waals surface area contributed by atoms with Gasteiger partial charge >= 0.3 is 5.97 Å². The molecular formula is C56H95NO5. The van der Waals surface area contributed by atoms with Crippen molar-refractivity contribution in [2.24, 2.45) is 0 Å². The van der Waals surface area contributed by atoms with Crippen molar-refractivity contribution in [1.82, 2.24) is 5.32 Å². The predicted octanol–water partition coefficient (Wildman–Crippen LogP) is 15.3. The zero-order valence-corrected chi connectivity index (χ0v) is 40.2. The first-order chi connectivity index (χ1) is 30.5. The van der Waals surface area contributed by atoms with Crippen molar-refractivity contribution < 1.29 is 24.5 Å². The number of amides is 1. The molecule has 0 rings (SSSR count). The van der Waals surface area contributed by atoms with Crippen LogP contribution in [0.25, 0.3) is 0 Å². The standard InChI is InChI=1S/C56H95NO5/c1-4-7-10-13-16-19-22-25-27-28-30-33-36-39-42-45-48-54(59)53(51-58)57-55(60)50-52(47-44-41-38-35-32-29-24-21-18-15-12-9-6-3)62-56(61)49-46-43-40-37-34-31-26-23-20-17-14-11-8-5-2/h8-9,11-12,15,17-18,20-21,24,26,29,31-32,35,38,52-54,58-59H,4-7,10,13-14,16,19,22-23,25,27-28,30,33-34,36-37,39-51H2,1-3H3,(H,57,60)/b11-8+,12-9+,18-15+,20-17+,24-21-,31-26+,32-29-,38-35+. The molecule has 0 heterocycles. The fourth-order valence-corrected chi connectivity index (χ4v) is 7.24. The maximum Gasteiger partial charge on any atom is 0.306 e. The molecule has 0 aromatic rings. The molecular weight excluding hydrogens is 767 g/mol. The van der Waals surface area contributed by atoms with Gasteiger partial charge in [-0.15, -0.1) is 0 Å². The Kier molecular flexibility index (Phi) is 46.3. The fraction of sp³-hybridized carbons (Fsp3) is 0.679. The van der Waals surface area contributed by atoms with Gasteiger partial charge in [0.15, 0.2) is 0 Å². The van der Waals surface area contributed by atoms with Crippen LogP contribution < -0.4 is 5.32 Å². The number of aliphatic hydroxyl groups excluding tert-OH is 2. The minimum atomic E-state index is -0.816. The molecule has 3 unspecified atom stereocenters. The number of nitrogens with one attached hydrogen (secondary N) is 1. The average molecular weight is 862 g/mol. The van der Waals surface area contributed by atoms with Crippen molar-refractivity contribution in [3.63, 3.8) is 0 Å². The summed E-state index contributed by atoms with van der Waals surface area (Å²) in [7, 11) is 0. The maximum atomic E-state index is 13.2. The lowest BCUT2D eigenvalue weighted by Gasteiger charge is -2.24. The van der Waals surface area contributed by atoms with Crippen molar-refractivity contribution in [2.75, 3.05) is 6.61 Å². The molecule has 3 atom stereocenters. The number of esters is 1. The van der Waals surface area contributed by atoms with Gasteiger partial charge in [-0.25, -0.2) is 0 Å². The normalized spacial score (nSPS) is 14.1. The van der Waals surface area contributed by atoms with Gasteiger partial charge < -0.3 is 20.3 Å². The Hall–Kier alpha value is -3.22. The Bertz CT molecular complexity index is 1240. The summed E-state index contributed by atoms with van der Waals surface area (Å²) in [6.07, 6.45) is 64.7. The van der Waals surface area contributed by atoms with Crippen LogP contribution in [0.5, 0.6) is 0 Å². The molecule has 0 aromatic carbocycles. The number of allylic oxidation sites excluding steroid dienone is 16. The molecule has 0 fully saturated rings. The van der Waals surface area contributed by atoms with Crippen LogP contribution in [0.15, 0.2) is 97.2 Å². The van der Waals surface area contributed by atoms with E-state index in [0.717, 1.165) is 89.9 Å². The van der Waals surface area contributed by atoms with Crippen LogP contribution in [0.2, 0.25) is 0 Å². The summed E-state index contributed by atoms with van der Waals surface area (Å²) in [6.45, 7) is 6.20. The summed E-state index contributed by atoms with van der Waals surface area (Å²) in [5.41, 5.74) is 0. The van der Waals surface area contributed by atoms with Gasteiger partial charge in [-0.1, -0.05) is 234 Å². The SMILES string of the molecule is CC/C=C/C=C/C=C\C=C/C=C/CCCC(CC(=O)NC(CO)C(O)CCCCCCCCCCCCCCCCCC)OC(=O)CCCCCC/C=C/C/C=C/C/C=C/CC. The van der Waals surface area contributed by atoms with Gasteiger partial charge in [-0.05, 0) is 70.6 Å². The highest BCUT2D eigenvalue weighted by Gasteiger charge is 2.24. The summed E-state index contributed by atoms with van der Waals surface area (Å²) in [5, 5.41) is 23.8. The molecule has 0 aliphatic carbocycles. The topological polar surface area (TPSA) is 95.9 Å². The predicted molar refractivity (Wildman–Crippen MR) is 268 cm³/mol. The second-order valence-corrected chi connectivity index (χ2v) is 16.9.